The second kappa shape index (κ2) is 7.70. The lowest BCUT2D eigenvalue weighted by Gasteiger charge is -2.13. The Balaban J connectivity index is 2.40. The molecular weight excluding hydrogens is 220 g/mol. The van der Waals surface area contributed by atoms with Gasteiger partial charge in [0.05, 0.1) is 0 Å². The predicted octanol–water partition coefficient (Wildman–Crippen LogP) is 4.07. The van der Waals surface area contributed by atoms with Gasteiger partial charge in [-0.25, -0.2) is 0 Å². The molecule has 0 saturated carbocycles. The van der Waals surface area contributed by atoms with Crippen LogP contribution in [0, 0.1) is 5.92 Å². The van der Waals surface area contributed by atoms with Gasteiger partial charge in [-0.05, 0) is 36.5 Å². The van der Waals surface area contributed by atoms with Crippen LogP contribution in [0.2, 0.25) is 5.02 Å². The van der Waals surface area contributed by atoms with Crippen molar-refractivity contribution in [2.45, 2.75) is 39.0 Å². The summed E-state index contributed by atoms with van der Waals surface area (Å²) >= 11 is 5.84. The molecule has 1 unspecified atom stereocenters. The zero-order chi connectivity index (χ0) is 11.8. The van der Waals surface area contributed by atoms with E-state index in [0.717, 1.165) is 17.9 Å². The lowest BCUT2D eigenvalue weighted by Crippen LogP contribution is -2.09. The predicted molar refractivity (Wildman–Crippen MR) is 69.9 cm³/mol. The summed E-state index contributed by atoms with van der Waals surface area (Å²) in [5.74, 6) is 0.396. The van der Waals surface area contributed by atoms with Crippen molar-refractivity contribution in [3.63, 3.8) is 0 Å². The van der Waals surface area contributed by atoms with Gasteiger partial charge in [-0.3, -0.25) is 0 Å². The average molecular weight is 241 g/mol. The molecule has 0 radical (unpaired) electrons. The molecule has 0 saturated heterocycles. The Morgan fingerprint density at radius 2 is 1.88 bits per heavy atom. The maximum Gasteiger partial charge on any atom is 0.0462 e. The number of aliphatic hydroxyl groups is 1. The normalized spacial score (nSPS) is 12.7. The minimum absolute atomic E-state index is 0.284. The number of benzene rings is 1. The quantitative estimate of drug-likeness (QED) is 0.713. The van der Waals surface area contributed by atoms with Crippen LogP contribution >= 0.6 is 11.6 Å². The molecule has 0 aliphatic heterocycles. The van der Waals surface area contributed by atoms with E-state index in [0.29, 0.717) is 5.92 Å². The molecule has 1 nitrogen and oxygen atoms in total. The van der Waals surface area contributed by atoms with Gasteiger partial charge in [0.2, 0.25) is 0 Å². The van der Waals surface area contributed by atoms with Gasteiger partial charge in [0.1, 0.15) is 0 Å². The molecule has 0 aromatic heterocycles. The van der Waals surface area contributed by atoms with Crippen molar-refractivity contribution in [2.24, 2.45) is 5.92 Å². The van der Waals surface area contributed by atoms with Gasteiger partial charge in [0, 0.05) is 11.6 Å². The molecule has 90 valence electrons. The van der Waals surface area contributed by atoms with Crippen molar-refractivity contribution >= 4 is 11.6 Å². The summed E-state index contributed by atoms with van der Waals surface area (Å²) in [4.78, 5) is 0. The first-order chi connectivity index (χ1) is 7.76. The van der Waals surface area contributed by atoms with Crippen LogP contribution in [0.5, 0.6) is 0 Å². The number of unbranched alkanes of at least 4 members (excludes halogenated alkanes) is 2. The first kappa shape index (κ1) is 13.5. The molecule has 0 amide bonds. The molecular formula is C14H21ClO. The van der Waals surface area contributed by atoms with Crippen molar-refractivity contribution in [1.29, 1.82) is 0 Å². The van der Waals surface area contributed by atoms with E-state index in [1.54, 1.807) is 0 Å². The van der Waals surface area contributed by atoms with Gasteiger partial charge in [0.15, 0.2) is 0 Å². The summed E-state index contributed by atoms with van der Waals surface area (Å²) < 4.78 is 0. The minimum atomic E-state index is 0.284. The largest absolute Gasteiger partial charge is 0.396 e. The van der Waals surface area contributed by atoms with Crippen molar-refractivity contribution in [2.75, 3.05) is 6.61 Å². The van der Waals surface area contributed by atoms with E-state index < -0.39 is 0 Å². The van der Waals surface area contributed by atoms with Gasteiger partial charge < -0.3 is 5.11 Å². The van der Waals surface area contributed by atoms with Crippen LogP contribution in [0.25, 0.3) is 0 Å². The molecule has 0 fully saturated rings. The molecule has 0 heterocycles. The maximum atomic E-state index is 9.32. The summed E-state index contributed by atoms with van der Waals surface area (Å²) in [6.07, 6.45) is 5.79. The molecule has 0 aliphatic carbocycles. The van der Waals surface area contributed by atoms with Gasteiger partial charge in [-0.15, -0.1) is 0 Å². The van der Waals surface area contributed by atoms with Crippen LogP contribution in [0.15, 0.2) is 24.3 Å². The molecule has 0 aliphatic rings. The molecule has 0 spiro atoms. The second-order valence-electron chi connectivity index (χ2n) is 4.37. The van der Waals surface area contributed by atoms with Gasteiger partial charge in [0.25, 0.3) is 0 Å². The summed E-state index contributed by atoms with van der Waals surface area (Å²) in [6, 6.07) is 7.92. The SMILES string of the molecule is CCCCCC(CO)Cc1ccc(Cl)cc1. The molecule has 1 rings (SSSR count). The Labute approximate surface area is 103 Å². The van der Waals surface area contributed by atoms with Crippen LogP contribution in [0.1, 0.15) is 38.2 Å². The second-order valence-corrected chi connectivity index (χ2v) is 4.81. The Morgan fingerprint density at radius 1 is 1.19 bits per heavy atom. The van der Waals surface area contributed by atoms with Gasteiger partial charge in [-0.1, -0.05) is 49.9 Å². The molecule has 1 atom stereocenters. The van der Waals surface area contributed by atoms with E-state index in [1.807, 2.05) is 24.3 Å². The van der Waals surface area contributed by atoms with E-state index in [2.05, 4.69) is 6.92 Å². The van der Waals surface area contributed by atoms with Gasteiger partial charge >= 0.3 is 0 Å². The standard InChI is InChI=1S/C14H21ClO/c1-2-3-4-5-13(11-16)10-12-6-8-14(15)9-7-12/h6-9,13,16H,2-5,10-11H2,1H3. The number of aliphatic hydroxyl groups excluding tert-OH is 1. The summed E-state index contributed by atoms with van der Waals surface area (Å²) in [5, 5.41) is 10.1. The highest BCUT2D eigenvalue weighted by Crippen LogP contribution is 2.17. The lowest BCUT2D eigenvalue weighted by molar-refractivity contribution is 0.215. The van der Waals surface area contributed by atoms with Crippen LogP contribution < -0.4 is 0 Å². The molecule has 2 heteroatoms. The van der Waals surface area contributed by atoms with Crippen LogP contribution in [0.4, 0.5) is 0 Å². The first-order valence-electron chi connectivity index (χ1n) is 6.11. The van der Waals surface area contributed by atoms with E-state index in [4.69, 9.17) is 11.6 Å². The van der Waals surface area contributed by atoms with Crippen LogP contribution in [0.3, 0.4) is 0 Å². The topological polar surface area (TPSA) is 20.2 Å². The Hall–Kier alpha value is -0.530. The fraction of sp³-hybridized carbons (Fsp3) is 0.571. The number of hydrogen-bond donors (Lipinski definition) is 1. The van der Waals surface area contributed by atoms with E-state index >= 15 is 0 Å². The highest BCUT2D eigenvalue weighted by molar-refractivity contribution is 6.30. The summed E-state index contributed by atoms with van der Waals surface area (Å²) in [6.45, 7) is 2.49. The Morgan fingerprint density at radius 3 is 2.44 bits per heavy atom. The Bertz CT molecular complexity index is 281. The highest BCUT2D eigenvalue weighted by Gasteiger charge is 2.08. The monoisotopic (exact) mass is 240 g/mol. The van der Waals surface area contributed by atoms with Crippen molar-refractivity contribution < 1.29 is 5.11 Å². The smallest absolute Gasteiger partial charge is 0.0462 e. The fourth-order valence-corrected chi connectivity index (χ4v) is 2.02. The van der Waals surface area contributed by atoms with E-state index in [-0.39, 0.29) is 6.61 Å². The molecule has 16 heavy (non-hydrogen) atoms. The Kier molecular flexibility index (Phi) is 6.51. The van der Waals surface area contributed by atoms with Crippen LogP contribution in [-0.2, 0) is 6.42 Å². The lowest BCUT2D eigenvalue weighted by atomic mass is 9.94. The zero-order valence-corrected chi connectivity index (χ0v) is 10.7. The first-order valence-corrected chi connectivity index (χ1v) is 6.49. The van der Waals surface area contributed by atoms with Crippen molar-refractivity contribution in [3.8, 4) is 0 Å². The number of hydrogen-bond acceptors (Lipinski definition) is 1. The van der Waals surface area contributed by atoms with Gasteiger partial charge in [-0.2, -0.15) is 0 Å². The van der Waals surface area contributed by atoms with Crippen molar-refractivity contribution in [3.05, 3.63) is 34.9 Å². The molecule has 1 aromatic rings. The summed E-state index contributed by atoms with van der Waals surface area (Å²) in [5.41, 5.74) is 1.26. The fourth-order valence-electron chi connectivity index (χ4n) is 1.89. The molecule has 1 aromatic carbocycles. The average Bonchev–Trinajstić information content (AvgIpc) is 2.31. The van der Waals surface area contributed by atoms with Crippen molar-refractivity contribution in [1.82, 2.24) is 0 Å². The zero-order valence-electron chi connectivity index (χ0n) is 9.95. The number of halogens is 1. The van der Waals surface area contributed by atoms with E-state index in [9.17, 15) is 5.11 Å². The number of rotatable bonds is 7. The molecule has 1 N–H and O–H groups in total. The third-order valence-corrected chi connectivity index (χ3v) is 3.16. The molecule has 0 bridgehead atoms. The third kappa shape index (κ3) is 5.00. The minimum Gasteiger partial charge on any atom is -0.396 e. The summed E-state index contributed by atoms with van der Waals surface area (Å²) in [7, 11) is 0. The third-order valence-electron chi connectivity index (χ3n) is 2.91. The van der Waals surface area contributed by atoms with Crippen LogP contribution in [-0.4, -0.2) is 11.7 Å². The highest BCUT2D eigenvalue weighted by atomic mass is 35.5. The maximum absolute atomic E-state index is 9.32. The van der Waals surface area contributed by atoms with E-state index in [1.165, 1.54) is 24.8 Å².